The Labute approximate surface area is 121 Å². The Kier molecular flexibility index (Phi) is 4.27. The minimum atomic E-state index is 0.0249. The number of piperidine rings is 1. The number of likely N-dealkylation sites (tertiary alicyclic amines) is 1. The molecule has 0 aromatic carbocycles. The molecule has 0 spiro atoms. The fraction of sp³-hybridized carbons (Fsp3) is 0.875. The molecule has 2 amide bonds. The van der Waals surface area contributed by atoms with E-state index in [0.717, 1.165) is 25.3 Å². The van der Waals surface area contributed by atoms with Crippen LogP contribution in [0.5, 0.6) is 0 Å². The van der Waals surface area contributed by atoms with Gasteiger partial charge in [0.1, 0.15) is 0 Å². The van der Waals surface area contributed by atoms with E-state index in [2.05, 4.69) is 10.2 Å². The lowest BCUT2D eigenvalue weighted by Crippen LogP contribution is -2.48. The molecule has 3 aliphatic rings. The number of rotatable bonds is 2. The van der Waals surface area contributed by atoms with E-state index >= 15 is 0 Å². The van der Waals surface area contributed by atoms with Gasteiger partial charge in [0.05, 0.1) is 5.92 Å². The van der Waals surface area contributed by atoms with E-state index < -0.39 is 0 Å². The van der Waals surface area contributed by atoms with Gasteiger partial charge in [-0.05, 0) is 38.0 Å². The van der Waals surface area contributed by atoms with Gasteiger partial charge in [-0.2, -0.15) is 0 Å². The zero-order chi connectivity index (χ0) is 13.9. The third kappa shape index (κ3) is 2.84. The van der Waals surface area contributed by atoms with E-state index in [1.807, 2.05) is 0 Å². The Balaban J connectivity index is 1.62. The Morgan fingerprint density at radius 1 is 1.05 bits per heavy atom. The van der Waals surface area contributed by atoms with Gasteiger partial charge in [-0.3, -0.25) is 9.59 Å². The highest BCUT2D eigenvalue weighted by Crippen LogP contribution is 2.35. The second kappa shape index (κ2) is 6.15. The lowest BCUT2D eigenvalue weighted by molar-refractivity contribution is -0.139. The molecule has 0 aromatic rings. The second-order valence-corrected chi connectivity index (χ2v) is 6.68. The maximum absolute atomic E-state index is 12.7. The number of carbonyl (C=O) groups is 2. The van der Waals surface area contributed by atoms with Crippen LogP contribution in [0.4, 0.5) is 0 Å². The van der Waals surface area contributed by atoms with Gasteiger partial charge in [0.2, 0.25) is 11.8 Å². The predicted octanol–water partition coefficient (Wildman–Crippen LogP) is 2.08. The van der Waals surface area contributed by atoms with Crippen LogP contribution in [0.3, 0.4) is 0 Å². The average Bonchev–Trinajstić information content (AvgIpc) is 2.97. The maximum atomic E-state index is 12.7. The standard InChI is InChI=1S/C16H26N2O2/c19-15-9-8-13(11-17-15)16(20)18-10-4-7-14(18)12-5-2-1-3-6-12/h12-14H,1-11H2,(H,17,19)/t13-,14+/m0/s1. The summed E-state index contributed by atoms with van der Waals surface area (Å²) in [6, 6.07) is 0.487. The molecule has 20 heavy (non-hydrogen) atoms. The first-order valence-corrected chi connectivity index (χ1v) is 8.33. The van der Waals surface area contributed by atoms with E-state index in [0.29, 0.717) is 24.9 Å². The quantitative estimate of drug-likeness (QED) is 0.841. The summed E-state index contributed by atoms with van der Waals surface area (Å²) in [6.45, 7) is 1.48. The molecule has 2 saturated heterocycles. The molecule has 3 fully saturated rings. The summed E-state index contributed by atoms with van der Waals surface area (Å²) in [4.78, 5) is 26.1. The lowest BCUT2D eigenvalue weighted by atomic mass is 9.82. The van der Waals surface area contributed by atoms with Crippen molar-refractivity contribution in [3.63, 3.8) is 0 Å². The van der Waals surface area contributed by atoms with Crippen molar-refractivity contribution in [3.8, 4) is 0 Å². The van der Waals surface area contributed by atoms with Gasteiger partial charge >= 0.3 is 0 Å². The van der Waals surface area contributed by atoms with Crippen molar-refractivity contribution >= 4 is 11.8 Å². The van der Waals surface area contributed by atoms with Crippen LogP contribution in [0, 0.1) is 11.8 Å². The van der Waals surface area contributed by atoms with Crippen LogP contribution in [0.15, 0.2) is 0 Å². The highest BCUT2D eigenvalue weighted by atomic mass is 16.2. The van der Waals surface area contributed by atoms with Crippen LogP contribution in [-0.2, 0) is 9.59 Å². The second-order valence-electron chi connectivity index (χ2n) is 6.68. The molecule has 2 atom stereocenters. The first-order valence-electron chi connectivity index (χ1n) is 8.33. The summed E-state index contributed by atoms with van der Waals surface area (Å²) >= 11 is 0. The topological polar surface area (TPSA) is 49.4 Å². The molecule has 1 aliphatic carbocycles. The van der Waals surface area contributed by atoms with Crippen molar-refractivity contribution in [1.29, 1.82) is 0 Å². The monoisotopic (exact) mass is 278 g/mol. The highest BCUT2D eigenvalue weighted by Gasteiger charge is 2.38. The van der Waals surface area contributed by atoms with E-state index in [1.165, 1.54) is 38.5 Å². The first kappa shape index (κ1) is 13.9. The fourth-order valence-corrected chi connectivity index (χ4v) is 4.25. The lowest BCUT2D eigenvalue weighted by Gasteiger charge is -2.36. The number of nitrogens with one attached hydrogen (secondary N) is 1. The molecule has 0 aromatic heterocycles. The molecule has 3 rings (SSSR count). The van der Waals surface area contributed by atoms with E-state index in [1.54, 1.807) is 0 Å². The molecule has 1 saturated carbocycles. The van der Waals surface area contributed by atoms with E-state index in [-0.39, 0.29) is 11.8 Å². The van der Waals surface area contributed by atoms with Crippen molar-refractivity contribution in [2.24, 2.45) is 11.8 Å². The summed E-state index contributed by atoms with van der Waals surface area (Å²) < 4.78 is 0. The van der Waals surface area contributed by atoms with Gasteiger partial charge in [-0.25, -0.2) is 0 Å². The molecule has 2 aliphatic heterocycles. The molecule has 0 bridgehead atoms. The zero-order valence-corrected chi connectivity index (χ0v) is 12.3. The molecule has 112 valence electrons. The molecular formula is C16H26N2O2. The van der Waals surface area contributed by atoms with Crippen molar-refractivity contribution < 1.29 is 9.59 Å². The zero-order valence-electron chi connectivity index (χ0n) is 12.3. The number of carbonyl (C=O) groups excluding carboxylic acids is 2. The maximum Gasteiger partial charge on any atom is 0.227 e. The third-order valence-electron chi connectivity index (χ3n) is 5.39. The van der Waals surface area contributed by atoms with E-state index in [9.17, 15) is 9.59 Å². The van der Waals surface area contributed by atoms with Crippen molar-refractivity contribution in [2.45, 2.75) is 63.8 Å². The van der Waals surface area contributed by atoms with Crippen LogP contribution < -0.4 is 5.32 Å². The molecule has 4 nitrogen and oxygen atoms in total. The van der Waals surface area contributed by atoms with Gasteiger partial charge in [-0.15, -0.1) is 0 Å². The number of amides is 2. The summed E-state index contributed by atoms with van der Waals surface area (Å²) in [6.07, 6.45) is 10.2. The SMILES string of the molecule is O=C1CC[C@H](C(=O)N2CCC[C@@H]2C2CCCCC2)CN1. The molecule has 1 N–H and O–H groups in total. The van der Waals surface area contributed by atoms with Gasteiger partial charge < -0.3 is 10.2 Å². The van der Waals surface area contributed by atoms with Crippen molar-refractivity contribution in [3.05, 3.63) is 0 Å². The smallest absolute Gasteiger partial charge is 0.227 e. The first-order chi connectivity index (χ1) is 9.75. The molecule has 0 radical (unpaired) electrons. The molecular weight excluding hydrogens is 252 g/mol. The van der Waals surface area contributed by atoms with Crippen LogP contribution in [0.1, 0.15) is 57.8 Å². The Morgan fingerprint density at radius 2 is 1.85 bits per heavy atom. The van der Waals surface area contributed by atoms with E-state index in [4.69, 9.17) is 0 Å². The highest BCUT2D eigenvalue weighted by molar-refractivity contribution is 5.84. The molecule has 2 heterocycles. The van der Waals surface area contributed by atoms with Crippen LogP contribution in [0.25, 0.3) is 0 Å². The van der Waals surface area contributed by atoms with Crippen LogP contribution in [-0.4, -0.2) is 35.8 Å². The number of hydrogen-bond acceptors (Lipinski definition) is 2. The summed E-state index contributed by atoms with van der Waals surface area (Å²) in [7, 11) is 0. The van der Waals surface area contributed by atoms with Crippen molar-refractivity contribution in [2.75, 3.05) is 13.1 Å². The third-order valence-corrected chi connectivity index (χ3v) is 5.39. The fourth-order valence-electron chi connectivity index (χ4n) is 4.25. The van der Waals surface area contributed by atoms with Crippen molar-refractivity contribution in [1.82, 2.24) is 10.2 Å². The Hall–Kier alpha value is -1.06. The molecule has 4 heteroatoms. The summed E-state index contributed by atoms with van der Waals surface area (Å²) in [5, 5.41) is 2.84. The molecule has 0 unspecified atom stereocenters. The minimum Gasteiger partial charge on any atom is -0.355 e. The summed E-state index contributed by atoms with van der Waals surface area (Å²) in [5.41, 5.74) is 0. The van der Waals surface area contributed by atoms with Crippen LogP contribution >= 0.6 is 0 Å². The largest absolute Gasteiger partial charge is 0.355 e. The van der Waals surface area contributed by atoms with Gasteiger partial charge in [0, 0.05) is 25.6 Å². The van der Waals surface area contributed by atoms with Gasteiger partial charge in [0.15, 0.2) is 0 Å². The minimum absolute atomic E-state index is 0.0249. The average molecular weight is 278 g/mol. The Bertz CT molecular complexity index is 367. The normalized spacial score (nSPS) is 32.2. The van der Waals surface area contributed by atoms with Gasteiger partial charge in [-0.1, -0.05) is 19.3 Å². The predicted molar refractivity (Wildman–Crippen MR) is 77.0 cm³/mol. The Morgan fingerprint density at radius 3 is 2.55 bits per heavy atom. The number of nitrogens with zero attached hydrogens (tertiary/aromatic N) is 1. The summed E-state index contributed by atoms with van der Waals surface area (Å²) in [5.74, 6) is 1.16. The number of hydrogen-bond donors (Lipinski definition) is 1. The van der Waals surface area contributed by atoms with Crippen LogP contribution in [0.2, 0.25) is 0 Å². The van der Waals surface area contributed by atoms with Gasteiger partial charge in [0.25, 0.3) is 0 Å².